The maximum atomic E-state index is 12.5. The number of nitrogens with zero attached hydrogens (tertiary/aromatic N) is 6. The van der Waals surface area contributed by atoms with Crippen molar-refractivity contribution in [2.45, 2.75) is 6.42 Å². The highest BCUT2D eigenvalue weighted by atomic mass is 35.5. The predicted molar refractivity (Wildman–Crippen MR) is 94.7 cm³/mol. The number of rotatable bonds is 3. The Morgan fingerprint density at radius 2 is 1.80 bits per heavy atom. The number of halogens is 1. The lowest BCUT2D eigenvalue weighted by Gasteiger charge is -2.35. The average Bonchev–Trinajstić information content (AvgIpc) is 3.11. The summed E-state index contributed by atoms with van der Waals surface area (Å²) >= 11 is 5.88. The molecular weight excluding hydrogens is 340 g/mol. The molecule has 1 aliphatic rings. The number of piperazine rings is 1. The molecule has 0 radical (unpaired) electrons. The fraction of sp³-hybridized carbons (Fsp3) is 0.294. The Kier molecular flexibility index (Phi) is 4.23. The molecule has 2 aromatic heterocycles. The minimum absolute atomic E-state index is 0.143. The van der Waals surface area contributed by atoms with Crippen LogP contribution in [0.1, 0.15) is 5.56 Å². The summed E-state index contributed by atoms with van der Waals surface area (Å²) < 4.78 is 1.66. The van der Waals surface area contributed by atoms with Gasteiger partial charge in [0, 0.05) is 31.2 Å². The van der Waals surface area contributed by atoms with Crippen LogP contribution >= 0.6 is 11.6 Å². The molecule has 3 aromatic rings. The minimum Gasteiger partial charge on any atom is -0.352 e. The Balaban J connectivity index is 1.37. The highest BCUT2D eigenvalue weighted by Gasteiger charge is 2.22. The summed E-state index contributed by atoms with van der Waals surface area (Å²) in [5.41, 5.74) is 1.71. The molecule has 3 heterocycles. The van der Waals surface area contributed by atoms with Crippen LogP contribution in [0.2, 0.25) is 5.02 Å². The summed E-state index contributed by atoms with van der Waals surface area (Å²) in [6, 6.07) is 11.3. The molecule has 0 bridgehead atoms. The van der Waals surface area contributed by atoms with Gasteiger partial charge in [0.05, 0.1) is 6.42 Å². The molecule has 0 spiro atoms. The third-order valence-corrected chi connectivity index (χ3v) is 4.62. The smallest absolute Gasteiger partial charge is 0.227 e. The van der Waals surface area contributed by atoms with Crippen LogP contribution in [0.3, 0.4) is 0 Å². The lowest BCUT2D eigenvalue weighted by Crippen LogP contribution is -2.49. The maximum Gasteiger partial charge on any atom is 0.227 e. The lowest BCUT2D eigenvalue weighted by atomic mass is 10.1. The second-order valence-electron chi connectivity index (χ2n) is 6.00. The zero-order valence-electron chi connectivity index (χ0n) is 13.5. The van der Waals surface area contributed by atoms with E-state index >= 15 is 0 Å². The summed E-state index contributed by atoms with van der Waals surface area (Å²) in [6.45, 7) is 2.89. The van der Waals surface area contributed by atoms with Gasteiger partial charge in [-0.3, -0.25) is 4.79 Å². The van der Waals surface area contributed by atoms with Gasteiger partial charge in [-0.15, -0.1) is 15.3 Å². The summed E-state index contributed by atoms with van der Waals surface area (Å²) in [7, 11) is 0. The number of carbonyl (C=O) groups is 1. The Morgan fingerprint density at radius 1 is 1.04 bits per heavy atom. The van der Waals surface area contributed by atoms with E-state index in [1.165, 1.54) is 0 Å². The molecule has 8 heteroatoms. The van der Waals surface area contributed by atoms with Crippen molar-refractivity contribution in [2.24, 2.45) is 0 Å². The molecule has 0 aliphatic carbocycles. The van der Waals surface area contributed by atoms with E-state index < -0.39 is 0 Å². The van der Waals surface area contributed by atoms with E-state index in [1.807, 2.05) is 41.3 Å². The molecule has 4 rings (SSSR count). The van der Waals surface area contributed by atoms with Gasteiger partial charge in [0.25, 0.3) is 0 Å². The van der Waals surface area contributed by atoms with E-state index in [9.17, 15) is 4.79 Å². The van der Waals surface area contributed by atoms with Gasteiger partial charge in [-0.1, -0.05) is 23.7 Å². The van der Waals surface area contributed by atoms with Gasteiger partial charge in [0.2, 0.25) is 5.91 Å². The van der Waals surface area contributed by atoms with Crippen LogP contribution in [0.4, 0.5) is 5.82 Å². The SMILES string of the molecule is O=C(Cc1ccc(Cl)cc1)N1CCN(c2ccc3nncn3n2)CC1. The topological polar surface area (TPSA) is 66.6 Å². The van der Waals surface area contributed by atoms with Crippen molar-refractivity contribution in [3.8, 4) is 0 Å². The second kappa shape index (κ2) is 6.68. The normalized spacial score (nSPS) is 14.9. The van der Waals surface area contributed by atoms with E-state index in [2.05, 4.69) is 20.2 Å². The first-order valence-corrected chi connectivity index (χ1v) is 8.51. The highest BCUT2D eigenvalue weighted by molar-refractivity contribution is 6.30. The Morgan fingerprint density at radius 3 is 2.56 bits per heavy atom. The molecule has 7 nitrogen and oxygen atoms in total. The van der Waals surface area contributed by atoms with Gasteiger partial charge in [0.1, 0.15) is 12.1 Å². The van der Waals surface area contributed by atoms with Gasteiger partial charge in [0.15, 0.2) is 5.65 Å². The Bertz CT molecular complexity index is 886. The molecule has 25 heavy (non-hydrogen) atoms. The number of amides is 1. The largest absolute Gasteiger partial charge is 0.352 e. The first-order chi connectivity index (χ1) is 12.2. The van der Waals surface area contributed by atoms with Crippen LogP contribution < -0.4 is 4.90 Å². The molecule has 1 fully saturated rings. The van der Waals surface area contributed by atoms with Gasteiger partial charge in [-0.05, 0) is 29.8 Å². The van der Waals surface area contributed by atoms with Gasteiger partial charge >= 0.3 is 0 Å². The monoisotopic (exact) mass is 356 g/mol. The quantitative estimate of drug-likeness (QED) is 0.714. The third kappa shape index (κ3) is 3.41. The van der Waals surface area contributed by atoms with Crippen molar-refractivity contribution in [1.82, 2.24) is 24.7 Å². The standard InChI is InChI=1S/C17H17ClN6O/c18-14-3-1-13(2-4-14)11-17(25)23-9-7-22(8-10-23)16-6-5-15-20-19-12-24(15)21-16/h1-6,12H,7-11H2. The molecular formula is C17H17ClN6O. The third-order valence-electron chi connectivity index (χ3n) is 4.37. The second-order valence-corrected chi connectivity index (χ2v) is 6.43. The average molecular weight is 357 g/mol. The van der Waals surface area contributed by atoms with Crippen LogP contribution in [-0.2, 0) is 11.2 Å². The van der Waals surface area contributed by atoms with E-state index in [4.69, 9.17) is 11.6 Å². The fourth-order valence-electron chi connectivity index (χ4n) is 2.96. The van der Waals surface area contributed by atoms with E-state index in [0.717, 1.165) is 30.1 Å². The first kappa shape index (κ1) is 15.8. The molecule has 1 saturated heterocycles. The van der Waals surface area contributed by atoms with Crippen LogP contribution in [0.15, 0.2) is 42.7 Å². The van der Waals surface area contributed by atoms with E-state index in [0.29, 0.717) is 24.5 Å². The molecule has 0 unspecified atom stereocenters. The number of carbonyl (C=O) groups excluding carboxylic acids is 1. The number of aromatic nitrogens is 4. The Hall–Kier alpha value is -2.67. The molecule has 1 amide bonds. The Labute approximate surface area is 149 Å². The first-order valence-electron chi connectivity index (χ1n) is 8.13. The number of fused-ring (bicyclic) bond motifs is 1. The summed E-state index contributed by atoms with van der Waals surface area (Å²) in [5.74, 6) is 1.02. The molecule has 128 valence electrons. The van der Waals surface area contributed by atoms with Gasteiger partial charge < -0.3 is 9.80 Å². The molecule has 0 saturated carbocycles. The van der Waals surface area contributed by atoms with Crippen LogP contribution in [0.5, 0.6) is 0 Å². The van der Waals surface area contributed by atoms with Crippen LogP contribution in [0, 0.1) is 0 Å². The molecule has 0 N–H and O–H groups in total. The van der Waals surface area contributed by atoms with Crippen molar-refractivity contribution < 1.29 is 4.79 Å². The molecule has 0 atom stereocenters. The number of benzene rings is 1. The van der Waals surface area contributed by atoms with Crippen molar-refractivity contribution in [2.75, 3.05) is 31.1 Å². The zero-order valence-corrected chi connectivity index (χ0v) is 14.3. The molecule has 1 aromatic carbocycles. The van der Waals surface area contributed by atoms with Crippen molar-refractivity contribution in [1.29, 1.82) is 0 Å². The van der Waals surface area contributed by atoms with Crippen LogP contribution in [0.25, 0.3) is 5.65 Å². The van der Waals surface area contributed by atoms with Gasteiger partial charge in [-0.2, -0.15) is 4.52 Å². The number of hydrogen-bond acceptors (Lipinski definition) is 5. The van der Waals surface area contributed by atoms with Crippen molar-refractivity contribution in [3.63, 3.8) is 0 Å². The summed E-state index contributed by atoms with van der Waals surface area (Å²) in [5, 5.41) is 13.0. The van der Waals surface area contributed by atoms with E-state index in [-0.39, 0.29) is 5.91 Å². The van der Waals surface area contributed by atoms with Crippen molar-refractivity contribution in [3.05, 3.63) is 53.3 Å². The summed E-state index contributed by atoms with van der Waals surface area (Å²) in [4.78, 5) is 16.6. The minimum atomic E-state index is 0.143. The summed E-state index contributed by atoms with van der Waals surface area (Å²) in [6.07, 6.45) is 1.99. The fourth-order valence-corrected chi connectivity index (χ4v) is 3.09. The zero-order chi connectivity index (χ0) is 17.2. The van der Waals surface area contributed by atoms with Crippen molar-refractivity contribution >= 4 is 29.0 Å². The lowest BCUT2D eigenvalue weighted by molar-refractivity contribution is -0.130. The predicted octanol–water partition coefficient (Wildman–Crippen LogP) is 1.67. The van der Waals surface area contributed by atoms with Crippen LogP contribution in [-0.4, -0.2) is 56.8 Å². The van der Waals surface area contributed by atoms with Gasteiger partial charge in [-0.25, -0.2) is 0 Å². The number of hydrogen-bond donors (Lipinski definition) is 0. The van der Waals surface area contributed by atoms with E-state index in [1.54, 1.807) is 10.8 Å². The molecule has 1 aliphatic heterocycles. The maximum absolute atomic E-state index is 12.5. The number of anilines is 1. The highest BCUT2D eigenvalue weighted by Crippen LogP contribution is 2.15.